The summed E-state index contributed by atoms with van der Waals surface area (Å²) in [7, 11) is 1.86. The van der Waals surface area contributed by atoms with Crippen LogP contribution in [0.5, 0.6) is 5.75 Å². The molecule has 4 nitrogen and oxygen atoms in total. The molecule has 5 heteroatoms. The third kappa shape index (κ3) is 2.93. The van der Waals surface area contributed by atoms with Gasteiger partial charge < -0.3 is 10.5 Å². The van der Waals surface area contributed by atoms with Gasteiger partial charge in [-0.2, -0.15) is 5.10 Å². The van der Waals surface area contributed by atoms with Crippen LogP contribution in [0.2, 0.25) is 0 Å². The van der Waals surface area contributed by atoms with Crippen molar-refractivity contribution in [1.29, 1.82) is 0 Å². The summed E-state index contributed by atoms with van der Waals surface area (Å²) in [5.74, 6) is 0.460. The second kappa shape index (κ2) is 5.40. The van der Waals surface area contributed by atoms with Crippen LogP contribution in [0.1, 0.15) is 22.5 Å². The SMILES string of the molecule is Cc1nn(C)c(C)c1OCc1cc(F)cc(CN)c1. The molecule has 102 valence electrons. The molecule has 2 rings (SSSR count). The number of nitrogens with two attached hydrogens (primary N) is 1. The highest BCUT2D eigenvalue weighted by Gasteiger charge is 2.11. The maximum Gasteiger partial charge on any atom is 0.163 e. The van der Waals surface area contributed by atoms with E-state index in [1.807, 2.05) is 27.0 Å². The lowest BCUT2D eigenvalue weighted by Gasteiger charge is -2.08. The molecule has 0 aliphatic carbocycles. The summed E-state index contributed by atoms with van der Waals surface area (Å²) < 4.78 is 20.9. The van der Waals surface area contributed by atoms with E-state index in [0.717, 1.165) is 28.3 Å². The molecule has 0 fully saturated rings. The fraction of sp³-hybridized carbons (Fsp3) is 0.357. The van der Waals surface area contributed by atoms with Gasteiger partial charge in [0.25, 0.3) is 0 Å². The van der Waals surface area contributed by atoms with Gasteiger partial charge in [-0.15, -0.1) is 0 Å². The summed E-state index contributed by atoms with van der Waals surface area (Å²) in [4.78, 5) is 0. The Morgan fingerprint density at radius 3 is 2.53 bits per heavy atom. The van der Waals surface area contributed by atoms with E-state index in [2.05, 4.69) is 5.10 Å². The van der Waals surface area contributed by atoms with Gasteiger partial charge in [0, 0.05) is 13.6 Å². The van der Waals surface area contributed by atoms with Crippen LogP contribution in [0.25, 0.3) is 0 Å². The first kappa shape index (κ1) is 13.5. The summed E-state index contributed by atoms with van der Waals surface area (Å²) in [5, 5.41) is 4.27. The van der Waals surface area contributed by atoms with Crippen molar-refractivity contribution in [1.82, 2.24) is 9.78 Å². The Morgan fingerprint density at radius 1 is 1.26 bits per heavy atom. The van der Waals surface area contributed by atoms with E-state index in [9.17, 15) is 4.39 Å². The van der Waals surface area contributed by atoms with E-state index in [1.54, 1.807) is 4.68 Å². The molecule has 0 radical (unpaired) electrons. The highest BCUT2D eigenvalue weighted by atomic mass is 19.1. The number of hydrogen-bond acceptors (Lipinski definition) is 3. The van der Waals surface area contributed by atoms with Crippen molar-refractivity contribution in [2.45, 2.75) is 27.0 Å². The number of ether oxygens (including phenoxy) is 1. The van der Waals surface area contributed by atoms with Crippen LogP contribution in [0.15, 0.2) is 18.2 Å². The average molecular weight is 263 g/mol. The van der Waals surface area contributed by atoms with Gasteiger partial charge in [-0.25, -0.2) is 4.39 Å². The molecular weight excluding hydrogens is 245 g/mol. The molecule has 0 unspecified atom stereocenters. The lowest BCUT2D eigenvalue weighted by molar-refractivity contribution is 0.301. The number of benzene rings is 1. The number of aromatic nitrogens is 2. The van der Waals surface area contributed by atoms with Crippen LogP contribution in [0.4, 0.5) is 4.39 Å². The van der Waals surface area contributed by atoms with Crippen LogP contribution >= 0.6 is 0 Å². The van der Waals surface area contributed by atoms with Crippen molar-refractivity contribution < 1.29 is 9.13 Å². The topological polar surface area (TPSA) is 53.1 Å². The van der Waals surface area contributed by atoms with Crippen LogP contribution in [-0.2, 0) is 20.2 Å². The minimum absolute atomic E-state index is 0.291. The monoisotopic (exact) mass is 263 g/mol. The minimum Gasteiger partial charge on any atom is -0.485 e. The Balaban J connectivity index is 2.16. The van der Waals surface area contributed by atoms with Crippen molar-refractivity contribution >= 4 is 0 Å². The van der Waals surface area contributed by atoms with E-state index in [-0.39, 0.29) is 5.82 Å². The Morgan fingerprint density at radius 2 is 1.95 bits per heavy atom. The Labute approximate surface area is 112 Å². The first-order valence-corrected chi connectivity index (χ1v) is 6.12. The molecule has 1 aromatic carbocycles. The van der Waals surface area contributed by atoms with Gasteiger partial charge in [-0.1, -0.05) is 6.07 Å². The highest BCUT2D eigenvalue weighted by Crippen LogP contribution is 2.22. The summed E-state index contributed by atoms with van der Waals surface area (Å²) in [6.07, 6.45) is 0. The van der Waals surface area contributed by atoms with Gasteiger partial charge >= 0.3 is 0 Å². The predicted molar refractivity (Wildman–Crippen MR) is 71.3 cm³/mol. The van der Waals surface area contributed by atoms with Gasteiger partial charge in [-0.05, 0) is 37.1 Å². The predicted octanol–water partition coefficient (Wildman–Crippen LogP) is 2.21. The molecule has 0 spiro atoms. The van der Waals surface area contributed by atoms with E-state index in [1.165, 1.54) is 12.1 Å². The van der Waals surface area contributed by atoms with Crippen LogP contribution in [-0.4, -0.2) is 9.78 Å². The molecule has 2 N–H and O–H groups in total. The molecule has 2 aromatic rings. The zero-order valence-electron chi connectivity index (χ0n) is 11.4. The quantitative estimate of drug-likeness (QED) is 0.920. The standard InChI is InChI=1S/C14H18FN3O/c1-9-14(10(2)18(3)17-9)19-8-12-4-11(7-16)5-13(15)6-12/h4-6H,7-8,16H2,1-3H3. The van der Waals surface area contributed by atoms with E-state index in [0.29, 0.717) is 13.2 Å². The molecule has 0 aliphatic rings. The van der Waals surface area contributed by atoms with Crippen molar-refractivity contribution in [3.63, 3.8) is 0 Å². The zero-order chi connectivity index (χ0) is 14.0. The third-order valence-electron chi connectivity index (χ3n) is 3.08. The lowest BCUT2D eigenvalue weighted by atomic mass is 10.1. The normalized spacial score (nSPS) is 10.8. The maximum absolute atomic E-state index is 13.4. The van der Waals surface area contributed by atoms with Gasteiger partial charge in [0.2, 0.25) is 0 Å². The van der Waals surface area contributed by atoms with Gasteiger partial charge in [0.15, 0.2) is 5.75 Å². The summed E-state index contributed by atoms with van der Waals surface area (Å²) in [6.45, 7) is 4.44. The maximum atomic E-state index is 13.4. The Kier molecular flexibility index (Phi) is 3.85. The second-order valence-corrected chi connectivity index (χ2v) is 4.58. The smallest absolute Gasteiger partial charge is 0.163 e. The molecule has 1 heterocycles. The molecule has 0 bridgehead atoms. The van der Waals surface area contributed by atoms with Gasteiger partial charge in [0.1, 0.15) is 18.1 Å². The molecule has 0 aliphatic heterocycles. The van der Waals surface area contributed by atoms with Crippen molar-refractivity contribution in [3.8, 4) is 5.75 Å². The van der Waals surface area contributed by atoms with E-state index >= 15 is 0 Å². The number of hydrogen-bond donors (Lipinski definition) is 1. The van der Waals surface area contributed by atoms with Crippen molar-refractivity contribution in [3.05, 3.63) is 46.5 Å². The summed E-state index contributed by atoms with van der Waals surface area (Å²) in [6, 6.07) is 4.74. The molecule has 0 saturated carbocycles. The molecule has 0 saturated heterocycles. The lowest BCUT2D eigenvalue weighted by Crippen LogP contribution is -2.02. The summed E-state index contributed by atoms with van der Waals surface area (Å²) >= 11 is 0. The fourth-order valence-electron chi connectivity index (χ4n) is 2.04. The van der Waals surface area contributed by atoms with Gasteiger partial charge in [0.05, 0.1) is 5.69 Å². The summed E-state index contributed by atoms with van der Waals surface area (Å²) in [5.41, 5.74) is 8.84. The zero-order valence-corrected chi connectivity index (χ0v) is 11.4. The van der Waals surface area contributed by atoms with E-state index in [4.69, 9.17) is 10.5 Å². The number of aryl methyl sites for hydroxylation is 2. The van der Waals surface area contributed by atoms with Crippen molar-refractivity contribution in [2.75, 3.05) is 0 Å². The van der Waals surface area contributed by atoms with Crippen molar-refractivity contribution in [2.24, 2.45) is 12.8 Å². The molecule has 0 atom stereocenters. The molecular formula is C14H18FN3O. The number of rotatable bonds is 4. The first-order valence-electron chi connectivity index (χ1n) is 6.12. The Hall–Kier alpha value is -1.88. The molecule has 1 aromatic heterocycles. The number of halogens is 1. The average Bonchev–Trinajstić information content (AvgIpc) is 2.60. The third-order valence-corrected chi connectivity index (χ3v) is 3.08. The fourth-order valence-corrected chi connectivity index (χ4v) is 2.04. The van der Waals surface area contributed by atoms with Gasteiger partial charge in [-0.3, -0.25) is 4.68 Å². The van der Waals surface area contributed by atoms with Crippen LogP contribution in [0, 0.1) is 19.7 Å². The molecule has 0 amide bonds. The Bertz CT molecular complexity index is 593. The first-order chi connectivity index (χ1) is 9.01. The van der Waals surface area contributed by atoms with Crippen LogP contribution in [0.3, 0.4) is 0 Å². The highest BCUT2D eigenvalue weighted by molar-refractivity contribution is 5.32. The number of nitrogens with zero attached hydrogens (tertiary/aromatic N) is 2. The minimum atomic E-state index is -0.291. The van der Waals surface area contributed by atoms with Crippen LogP contribution < -0.4 is 10.5 Å². The van der Waals surface area contributed by atoms with E-state index < -0.39 is 0 Å². The second-order valence-electron chi connectivity index (χ2n) is 4.58. The largest absolute Gasteiger partial charge is 0.485 e. The molecule has 19 heavy (non-hydrogen) atoms.